The molecule has 8 aromatic rings. The molecule has 0 unspecified atom stereocenters. The third-order valence-corrected chi connectivity index (χ3v) is 11.7. The van der Waals surface area contributed by atoms with Crippen molar-refractivity contribution in [1.29, 1.82) is 0 Å². The molecule has 2 aliphatic carbocycles. The van der Waals surface area contributed by atoms with Gasteiger partial charge in [0.25, 0.3) is 0 Å². The summed E-state index contributed by atoms with van der Waals surface area (Å²) in [6.07, 6.45) is 0. The molecule has 1 heterocycles. The Labute approximate surface area is 305 Å². The molecule has 248 valence electrons. The first-order valence-electron chi connectivity index (χ1n) is 18.3. The second-order valence-electron chi connectivity index (χ2n) is 15.4. The first kappa shape index (κ1) is 30.7. The van der Waals surface area contributed by atoms with Gasteiger partial charge in [0, 0.05) is 27.5 Å². The fourth-order valence-corrected chi connectivity index (χ4v) is 8.97. The predicted molar refractivity (Wildman–Crippen MR) is 216 cm³/mol. The van der Waals surface area contributed by atoms with Crippen molar-refractivity contribution >= 4 is 10.8 Å². The molecule has 7 aromatic carbocycles. The Bertz CT molecular complexity index is 2730. The van der Waals surface area contributed by atoms with Crippen LogP contribution in [0, 0.1) is 0 Å². The number of benzene rings is 7. The lowest BCUT2D eigenvalue weighted by Gasteiger charge is -2.22. The van der Waals surface area contributed by atoms with Gasteiger partial charge in [-0.1, -0.05) is 167 Å². The number of rotatable bonds is 4. The Hall–Kier alpha value is -6.12. The second-order valence-corrected chi connectivity index (χ2v) is 15.4. The van der Waals surface area contributed by atoms with Crippen molar-refractivity contribution in [1.82, 2.24) is 9.97 Å². The van der Waals surface area contributed by atoms with Crippen LogP contribution < -0.4 is 0 Å². The number of hydrogen-bond acceptors (Lipinski definition) is 2. The van der Waals surface area contributed by atoms with E-state index in [0.717, 1.165) is 33.9 Å². The smallest absolute Gasteiger partial charge is 0.160 e. The lowest BCUT2D eigenvalue weighted by molar-refractivity contribution is 0.660. The van der Waals surface area contributed by atoms with E-state index in [4.69, 9.17) is 9.97 Å². The molecule has 0 saturated carbocycles. The maximum Gasteiger partial charge on any atom is 0.160 e. The quantitative estimate of drug-likeness (QED) is 0.187. The van der Waals surface area contributed by atoms with Crippen molar-refractivity contribution < 1.29 is 0 Å². The monoisotopic (exact) mass is 666 g/mol. The molecule has 2 aliphatic rings. The lowest BCUT2D eigenvalue weighted by atomic mass is 9.82. The van der Waals surface area contributed by atoms with Gasteiger partial charge in [-0.15, -0.1) is 0 Å². The number of fused-ring (bicyclic) bond motifs is 7. The molecule has 0 bridgehead atoms. The first-order chi connectivity index (χ1) is 25.3. The molecule has 0 aliphatic heterocycles. The third-order valence-electron chi connectivity index (χ3n) is 11.7. The number of aromatic nitrogens is 2. The van der Waals surface area contributed by atoms with Gasteiger partial charge < -0.3 is 0 Å². The average Bonchev–Trinajstić information content (AvgIpc) is 3.56. The first-order valence-corrected chi connectivity index (χ1v) is 18.3. The van der Waals surface area contributed by atoms with Crippen molar-refractivity contribution in [2.24, 2.45) is 0 Å². The van der Waals surface area contributed by atoms with Crippen LogP contribution in [0.25, 0.3) is 78.1 Å². The fourth-order valence-electron chi connectivity index (χ4n) is 8.97. The summed E-state index contributed by atoms with van der Waals surface area (Å²) < 4.78 is 0. The molecule has 0 radical (unpaired) electrons. The van der Waals surface area contributed by atoms with Crippen molar-refractivity contribution in [3.8, 4) is 67.3 Å². The Kier molecular flexibility index (Phi) is 6.60. The van der Waals surface area contributed by atoms with E-state index in [1.54, 1.807) is 0 Å². The Morgan fingerprint density at radius 3 is 1.60 bits per heavy atom. The minimum Gasteiger partial charge on any atom is -0.228 e. The number of nitrogens with zero attached hydrogens (tertiary/aromatic N) is 2. The van der Waals surface area contributed by atoms with E-state index in [1.807, 2.05) is 6.07 Å². The van der Waals surface area contributed by atoms with Crippen LogP contribution in [0.1, 0.15) is 49.9 Å². The molecular formula is C50H38N2. The standard InChI is InChI=1S/C50H38N2/c1-49(2)43-21-13-11-19-38(43)41-28-32(23-27-44(41)49)34-25-26-40(36-17-9-8-16-35(34)36)47-30-46(51-48(52-47)31-14-6-5-7-15-31)33-22-24-39-37-18-10-12-20-42(37)50(3,4)45(39)29-33/h5-30H,1-4H3. The lowest BCUT2D eigenvalue weighted by Crippen LogP contribution is -2.14. The summed E-state index contributed by atoms with van der Waals surface area (Å²) in [5.41, 5.74) is 18.2. The van der Waals surface area contributed by atoms with Gasteiger partial charge in [-0.05, 0) is 84.6 Å². The van der Waals surface area contributed by atoms with E-state index in [2.05, 4.69) is 179 Å². The zero-order valence-corrected chi connectivity index (χ0v) is 29.9. The molecule has 0 atom stereocenters. The predicted octanol–water partition coefficient (Wildman–Crippen LogP) is 12.9. The van der Waals surface area contributed by atoms with Crippen LogP contribution in [-0.2, 0) is 10.8 Å². The maximum atomic E-state index is 5.26. The molecule has 1 aromatic heterocycles. The van der Waals surface area contributed by atoms with Crippen LogP contribution in [-0.4, -0.2) is 9.97 Å². The second kappa shape index (κ2) is 11.2. The highest BCUT2D eigenvalue weighted by Crippen LogP contribution is 2.51. The molecule has 2 heteroatoms. The average molecular weight is 667 g/mol. The van der Waals surface area contributed by atoms with Crippen LogP contribution in [0.3, 0.4) is 0 Å². The minimum absolute atomic E-state index is 0.0177. The molecule has 0 N–H and O–H groups in total. The van der Waals surface area contributed by atoms with Crippen molar-refractivity contribution in [2.75, 3.05) is 0 Å². The molecular weight excluding hydrogens is 629 g/mol. The Balaban J connectivity index is 1.14. The summed E-state index contributed by atoms with van der Waals surface area (Å²) in [7, 11) is 0. The van der Waals surface area contributed by atoms with Crippen LogP contribution in [0.5, 0.6) is 0 Å². The van der Waals surface area contributed by atoms with Crippen molar-refractivity contribution in [3.05, 3.63) is 180 Å². The van der Waals surface area contributed by atoms with Gasteiger partial charge in [-0.2, -0.15) is 0 Å². The van der Waals surface area contributed by atoms with Gasteiger partial charge in [-0.25, -0.2) is 9.97 Å². The van der Waals surface area contributed by atoms with Gasteiger partial charge in [0.15, 0.2) is 5.82 Å². The molecule has 0 spiro atoms. The summed E-state index contributed by atoms with van der Waals surface area (Å²) in [5.74, 6) is 0.726. The molecule has 0 saturated heterocycles. The van der Waals surface area contributed by atoms with Gasteiger partial charge in [0.05, 0.1) is 11.4 Å². The number of hydrogen-bond donors (Lipinski definition) is 0. The highest BCUT2D eigenvalue weighted by molar-refractivity contribution is 6.05. The van der Waals surface area contributed by atoms with E-state index in [1.165, 1.54) is 66.4 Å². The fraction of sp³-hybridized carbons (Fsp3) is 0.120. The Morgan fingerprint density at radius 1 is 0.327 bits per heavy atom. The SMILES string of the molecule is CC1(C)c2ccccc2-c2cc(-c3ccc(-c4cc(-c5ccc6c(c5)C(C)(C)c5ccccc5-6)nc(-c5ccccc5)n4)c4ccccc34)ccc21. The topological polar surface area (TPSA) is 25.8 Å². The molecule has 0 fully saturated rings. The van der Waals surface area contributed by atoms with E-state index >= 15 is 0 Å². The normalized spacial score (nSPS) is 14.5. The van der Waals surface area contributed by atoms with Gasteiger partial charge in [0.1, 0.15) is 0 Å². The largest absolute Gasteiger partial charge is 0.228 e. The highest BCUT2D eigenvalue weighted by atomic mass is 14.9. The molecule has 0 amide bonds. The van der Waals surface area contributed by atoms with Gasteiger partial charge in [0.2, 0.25) is 0 Å². The molecule has 10 rings (SSSR count). The molecule has 2 nitrogen and oxygen atoms in total. The highest BCUT2D eigenvalue weighted by Gasteiger charge is 2.36. The summed E-state index contributed by atoms with van der Waals surface area (Å²) in [6, 6.07) is 57.4. The van der Waals surface area contributed by atoms with Crippen LogP contribution in [0.15, 0.2) is 158 Å². The summed E-state index contributed by atoms with van der Waals surface area (Å²) in [5, 5.41) is 2.39. The zero-order chi connectivity index (χ0) is 35.2. The summed E-state index contributed by atoms with van der Waals surface area (Å²) >= 11 is 0. The van der Waals surface area contributed by atoms with Gasteiger partial charge in [-0.3, -0.25) is 0 Å². The van der Waals surface area contributed by atoms with Crippen LogP contribution in [0.2, 0.25) is 0 Å². The summed E-state index contributed by atoms with van der Waals surface area (Å²) in [6.45, 7) is 9.33. The van der Waals surface area contributed by atoms with Crippen LogP contribution >= 0.6 is 0 Å². The van der Waals surface area contributed by atoms with Crippen LogP contribution in [0.4, 0.5) is 0 Å². The molecule has 52 heavy (non-hydrogen) atoms. The van der Waals surface area contributed by atoms with E-state index in [0.29, 0.717) is 0 Å². The van der Waals surface area contributed by atoms with E-state index in [-0.39, 0.29) is 10.8 Å². The van der Waals surface area contributed by atoms with Gasteiger partial charge >= 0.3 is 0 Å². The third kappa shape index (κ3) is 4.50. The van der Waals surface area contributed by atoms with E-state index in [9.17, 15) is 0 Å². The van der Waals surface area contributed by atoms with Crippen molar-refractivity contribution in [3.63, 3.8) is 0 Å². The minimum atomic E-state index is -0.0958. The summed E-state index contributed by atoms with van der Waals surface area (Å²) in [4.78, 5) is 10.5. The van der Waals surface area contributed by atoms with E-state index < -0.39 is 0 Å². The Morgan fingerprint density at radius 2 is 0.846 bits per heavy atom. The van der Waals surface area contributed by atoms with Crippen molar-refractivity contribution in [2.45, 2.75) is 38.5 Å². The zero-order valence-electron chi connectivity index (χ0n) is 29.9. The maximum absolute atomic E-state index is 5.26.